The van der Waals surface area contributed by atoms with Gasteiger partial charge >= 0.3 is 0 Å². The molecule has 2 aromatic rings. The zero-order valence-corrected chi connectivity index (χ0v) is 16.5. The largest absolute Gasteiger partial charge is 0.506 e. The molecule has 2 rings (SSSR count). The first kappa shape index (κ1) is 21.5. The number of carbonyl (C=O) groups is 2. The summed E-state index contributed by atoms with van der Waals surface area (Å²) in [5.41, 5.74) is 1.49. The van der Waals surface area contributed by atoms with E-state index in [1.54, 1.807) is 42.5 Å². The van der Waals surface area contributed by atoms with Gasteiger partial charge in [0.2, 0.25) is 5.91 Å². The third-order valence-electron chi connectivity index (χ3n) is 4.59. The number of anilines is 2. The average molecular weight is 383 g/mol. The second kappa shape index (κ2) is 11.8. The van der Waals surface area contributed by atoms with E-state index in [0.717, 1.165) is 12.8 Å². The molecule has 0 fully saturated rings. The Morgan fingerprint density at radius 2 is 1.46 bits per heavy atom. The van der Waals surface area contributed by atoms with Crippen LogP contribution in [0.5, 0.6) is 5.75 Å². The summed E-state index contributed by atoms with van der Waals surface area (Å²) in [7, 11) is 0. The Hall–Kier alpha value is -2.82. The van der Waals surface area contributed by atoms with Crippen LogP contribution in [0.3, 0.4) is 0 Å². The number of amides is 2. The minimum atomic E-state index is -0.317. The van der Waals surface area contributed by atoms with Crippen molar-refractivity contribution in [2.24, 2.45) is 0 Å². The van der Waals surface area contributed by atoms with Crippen molar-refractivity contribution in [1.82, 2.24) is 0 Å². The number of phenolic OH excluding ortho intramolecular Hbond substituents is 1. The highest BCUT2D eigenvalue weighted by atomic mass is 16.3. The van der Waals surface area contributed by atoms with Crippen LogP contribution < -0.4 is 10.6 Å². The van der Waals surface area contributed by atoms with E-state index in [1.165, 1.54) is 38.2 Å². The molecule has 150 valence electrons. The molecule has 0 aliphatic heterocycles. The molecule has 0 aromatic heterocycles. The number of unbranched alkanes of at least 4 members (excludes halogenated alkanes) is 6. The number of benzene rings is 2. The fourth-order valence-corrected chi connectivity index (χ4v) is 2.94. The van der Waals surface area contributed by atoms with Crippen molar-refractivity contribution in [3.05, 3.63) is 54.1 Å². The van der Waals surface area contributed by atoms with Crippen molar-refractivity contribution in [1.29, 1.82) is 0 Å². The molecule has 2 amide bonds. The Bertz CT molecular complexity index is 757. The first-order chi connectivity index (χ1) is 13.6. The predicted molar refractivity (Wildman–Crippen MR) is 114 cm³/mol. The van der Waals surface area contributed by atoms with Crippen LogP contribution in [0.1, 0.15) is 68.6 Å². The minimum absolute atomic E-state index is 0.0000300. The summed E-state index contributed by atoms with van der Waals surface area (Å²) < 4.78 is 0. The van der Waals surface area contributed by atoms with Gasteiger partial charge in [0.15, 0.2) is 0 Å². The Labute approximate surface area is 167 Å². The fourth-order valence-electron chi connectivity index (χ4n) is 2.94. The molecule has 0 aliphatic rings. The summed E-state index contributed by atoms with van der Waals surface area (Å²) in [6.45, 7) is 2.21. The first-order valence-corrected chi connectivity index (χ1v) is 10.1. The molecule has 5 heteroatoms. The predicted octanol–water partition coefficient (Wildman–Crippen LogP) is 5.72. The van der Waals surface area contributed by atoms with E-state index in [1.807, 2.05) is 0 Å². The van der Waals surface area contributed by atoms with Gasteiger partial charge in [0.25, 0.3) is 5.91 Å². The summed E-state index contributed by atoms with van der Waals surface area (Å²) in [5.74, 6) is -0.299. The first-order valence-electron chi connectivity index (χ1n) is 10.1. The van der Waals surface area contributed by atoms with Crippen LogP contribution >= 0.6 is 0 Å². The smallest absolute Gasteiger partial charge is 0.255 e. The van der Waals surface area contributed by atoms with Crippen LogP contribution in [0.25, 0.3) is 0 Å². The number of hydrogen-bond acceptors (Lipinski definition) is 3. The molecule has 2 aromatic carbocycles. The van der Waals surface area contributed by atoms with Crippen LogP contribution in [-0.2, 0) is 4.79 Å². The van der Waals surface area contributed by atoms with Crippen LogP contribution in [-0.4, -0.2) is 16.9 Å². The lowest BCUT2D eigenvalue weighted by Crippen LogP contribution is -2.13. The van der Waals surface area contributed by atoms with Gasteiger partial charge in [0, 0.05) is 17.7 Å². The molecule has 5 nitrogen and oxygen atoms in total. The summed E-state index contributed by atoms with van der Waals surface area (Å²) in [4.78, 5) is 24.3. The van der Waals surface area contributed by atoms with Gasteiger partial charge in [0.1, 0.15) is 5.75 Å². The monoisotopic (exact) mass is 382 g/mol. The number of aromatic hydroxyl groups is 1. The van der Waals surface area contributed by atoms with Gasteiger partial charge in [-0.2, -0.15) is 0 Å². The third-order valence-corrected chi connectivity index (χ3v) is 4.59. The van der Waals surface area contributed by atoms with Crippen molar-refractivity contribution < 1.29 is 14.7 Å². The summed E-state index contributed by atoms with van der Waals surface area (Å²) in [6, 6.07) is 13.3. The SMILES string of the molecule is CCCCCCCCCC(=O)Nc1ccc(C(=O)Nc2ccccc2O)cc1. The highest BCUT2D eigenvalue weighted by Crippen LogP contribution is 2.22. The van der Waals surface area contributed by atoms with E-state index >= 15 is 0 Å². The van der Waals surface area contributed by atoms with E-state index in [4.69, 9.17) is 0 Å². The molecule has 0 heterocycles. The van der Waals surface area contributed by atoms with Gasteiger partial charge < -0.3 is 15.7 Å². The lowest BCUT2D eigenvalue weighted by atomic mass is 10.1. The van der Waals surface area contributed by atoms with E-state index in [0.29, 0.717) is 23.4 Å². The summed E-state index contributed by atoms with van der Waals surface area (Å²) in [6.07, 6.45) is 8.77. The Morgan fingerprint density at radius 1 is 0.821 bits per heavy atom. The van der Waals surface area contributed by atoms with Gasteiger partial charge in [0.05, 0.1) is 5.69 Å². The molecule has 0 saturated carbocycles. The number of nitrogens with one attached hydrogen (secondary N) is 2. The van der Waals surface area contributed by atoms with Crippen molar-refractivity contribution in [2.45, 2.75) is 58.3 Å². The molecule has 0 radical (unpaired) electrons. The van der Waals surface area contributed by atoms with Crippen LogP contribution in [0.2, 0.25) is 0 Å². The van der Waals surface area contributed by atoms with E-state index in [2.05, 4.69) is 17.6 Å². The number of para-hydroxylation sites is 2. The van der Waals surface area contributed by atoms with Gasteiger partial charge in [-0.05, 0) is 42.8 Å². The molecule has 0 spiro atoms. The van der Waals surface area contributed by atoms with Crippen LogP contribution in [0.15, 0.2) is 48.5 Å². The van der Waals surface area contributed by atoms with Crippen molar-refractivity contribution >= 4 is 23.2 Å². The maximum atomic E-state index is 12.3. The molecule has 0 bridgehead atoms. The van der Waals surface area contributed by atoms with E-state index < -0.39 is 0 Å². The quantitative estimate of drug-likeness (QED) is 0.343. The van der Waals surface area contributed by atoms with Gasteiger partial charge in [-0.1, -0.05) is 57.6 Å². The molecule has 28 heavy (non-hydrogen) atoms. The molecule has 0 unspecified atom stereocenters. The third kappa shape index (κ3) is 7.43. The number of rotatable bonds is 11. The second-order valence-corrected chi connectivity index (χ2v) is 6.97. The maximum Gasteiger partial charge on any atom is 0.255 e. The number of phenols is 1. The zero-order chi connectivity index (χ0) is 20.2. The Morgan fingerprint density at radius 3 is 2.14 bits per heavy atom. The van der Waals surface area contributed by atoms with Crippen molar-refractivity contribution in [3.8, 4) is 5.75 Å². The molecule has 0 atom stereocenters. The lowest BCUT2D eigenvalue weighted by Gasteiger charge is -2.09. The maximum absolute atomic E-state index is 12.3. The minimum Gasteiger partial charge on any atom is -0.506 e. The van der Waals surface area contributed by atoms with Crippen molar-refractivity contribution in [3.63, 3.8) is 0 Å². The van der Waals surface area contributed by atoms with Crippen LogP contribution in [0.4, 0.5) is 11.4 Å². The molecular formula is C23H30N2O3. The highest BCUT2D eigenvalue weighted by Gasteiger charge is 2.09. The van der Waals surface area contributed by atoms with Gasteiger partial charge in [-0.25, -0.2) is 0 Å². The Balaban J connectivity index is 1.73. The molecule has 3 N–H and O–H groups in total. The summed E-state index contributed by atoms with van der Waals surface area (Å²) in [5, 5.41) is 15.3. The van der Waals surface area contributed by atoms with E-state index in [9.17, 15) is 14.7 Å². The van der Waals surface area contributed by atoms with Crippen molar-refractivity contribution in [2.75, 3.05) is 10.6 Å². The van der Waals surface area contributed by atoms with Crippen LogP contribution in [0, 0.1) is 0 Å². The second-order valence-electron chi connectivity index (χ2n) is 6.97. The standard InChI is InChI=1S/C23H30N2O3/c1-2-3-4-5-6-7-8-13-22(27)24-19-16-14-18(15-17-19)23(28)25-20-11-9-10-12-21(20)26/h9-12,14-17,26H,2-8,13H2,1H3,(H,24,27)(H,25,28). The average Bonchev–Trinajstić information content (AvgIpc) is 2.69. The molecule has 0 saturated heterocycles. The molecular weight excluding hydrogens is 352 g/mol. The number of carbonyl (C=O) groups excluding carboxylic acids is 2. The number of hydrogen-bond donors (Lipinski definition) is 3. The molecule has 0 aliphatic carbocycles. The normalized spacial score (nSPS) is 10.5. The van der Waals surface area contributed by atoms with E-state index in [-0.39, 0.29) is 17.6 Å². The van der Waals surface area contributed by atoms with Gasteiger partial charge in [-0.15, -0.1) is 0 Å². The highest BCUT2D eigenvalue weighted by molar-refractivity contribution is 6.05. The summed E-state index contributed by atoms with van der Waals surface area (Å²) >= 11 is 0. The topological polar surface area (TPSA) is 78.4 Å². The fraction of sp³-hybridized carbons (Fsp3) is 0.391. The Kier molecular flexibility index (Phi) is 9.05. The van der Waals surface area contributed by atoms with Gasteiger partial charge in [-0.3, -0.25) is 9.59 Å². The zero-order valence-electron chi connectivity index (χ0n) is 16.5. The lowest BCUT2D eigenvalue weighted by molar-refractivity contribution is -0.116.